The predicted octanol–water partition coefficient (Wildman–Crippen LogP) is 5.27. The van der Waals surface area contributed by atoms with E-state index in [4.69, 9.17) is 4.74 Å². The summed E-state index contributed by atoms with van der Waals surface area (Å²) in [6.07, 6.45) is 0. The smallest absolute Gasteiger partial charge is 0.212 e. The Labute approximate surface area is 227 Å². The molecule has 0 bridgehead atoms. The lowest BCUT2D eigenvalue weighted by Gasteiger charge is -2.17. The molecule has 6 nitrogen and oxygen atoms in total. The maximum atomic E-state index is 13.7. The number of hydrogen-bond acceptors (Lipinski definition) is 4. The minimum absolute atomic E-state index is 0.253. The average Bonchev–Trinajstić information content (AvgIpc) is 3.34. The first-order valence-corrected chi connectivity index (χ1v) is 14.2. The van der Waals surface area contributed by atoms with Crippen molar-refractivity contribution < 1.29 is 17.7 Å². The number of aromatic nitrogens is 1. The highest BCUT2D eigenvalue weighted by molar-refractivity contribution is 7.91. The molecule has 0 radical (unpaired) electrons. The van der Waals surface area contributed by atoms with Gasteiger partial charge < -0.3 is 9.30 Å². The van der Waals surface area contributed by atoms with Crippen molar-refractivity contribution in [2.24, 2.45) is 7.05 Å². The summed E-state index contributed by atoms with van der Waals surface area (Å²) in [5.74, 6) is 0.768. The number of benzene rings is 4. The van der Waals surface area contributed by atoms with Gasteiger partial charge in [-0.1, -0.05) is 36.4 Å². The molecule has 0 atom stereocenters. The van der Waals surface area contributed by atoms with Crippen molar-refractivity contribution in [3.05, 3.63) is 89.8 Å². The molecule has 5 aromatic rings. The molecule has 0 spiro atoms. The Morgan fingerprint density at radius 3 is 2.38 bits per heavy atom. The van der Waals surface area contributed by atoms with Crippen LogP contribution in [-0.4, -0.2) is 37.4 Å². The third-order valence-corrected chi connectivity index (χ3v) is 9.85. The molecule has 1 aromatic heterocycles. The normalized spacial score (nSPS) is 15.5. The lowest BCUT2D eigenvalue weighted by atomic mass is 9.78. The van der Waals surface area contributed by atoms with E-state index in [1.54, 1.807) is 43.5 Å². The van der Waals surface area contributed by atoms with Crippen molar-refractivity contribution in [2.75, 3.05) is 14.2 Å². The van der Waals surface area contributed by atoms with Gasteiger partial charge in [-0.05, 0) is 50.2 Å². The van der Waals surface area contributed by atoms with E-state index < -0.39 is 15.3 Å². The fourth-order valence-corrected chi connectivity index (χ4v) is 7.68. The van der Waals surface area contributed by atoms with Gasteiger partial charge in [0.25, 0.3) is 0 Å². The summed E-state index contributed by atoms with van der Waals surface area (Å²) in [4.78, 5) is 0.511. The van der Waals surface area contributed by atoms with Crippen LogP contribution in [0.15, 0.2) is 88.7 Å². The molecule has 0 saturated carbocycles. The van der Waals surface area contributed by atoms with E-state index >= 15 is 0 Å². The van der Waals surface area contributed by atoms with Gasteiger partial charge in [-0.25, -0.2) is 8.42 Å². The van der Waals surface area contributed by atoms with Gasteiger partial charge in [0, 0.05) is 40.4 Å². The molecule has 4 aromatic carbocycles. The van der Waals surface area contributed by atoms with Gasteiger partial charge in [-0.15, -0.1) is 0 Å². The van der Waals surface area contributed by atoms with Crippen LogP contribution in [0.4, 0.5) is 5.69 Å². The van der Waals surface area contributed by atoms with Crippen LogP contribution in [0.25, 0.3) is 27.2 Å². The van der Waals surface area contributed by atoms with Crippen molar-refractivity contribution in [3.63, 3.8) is 0 Å². The average molecular weight is 535 g/mol. The van der Waals surface area contributed by atoms with Crippen LogP contribution >= 0.6 is 0 Å². The third kappa shape index (κ3) is 3.38. The Kier molecular flexibility index (Phi) is 5.46. The van der Waals surface area contributed by atoms with Crippen molar-refractivity contribution in [1.82, 2.24) is 4.57 Å². The Bertz CT molecular complexity index is 2060. The molecule has 2 heterocycles. The lowest BCUT2D eigenvalue weighted by molar-refractivity contribution is -0.401. The maximum absolute atomic E-state index is 13.7. The molecule has 194 valence electrons. The van der Waals surface area contributed by atoms with Crippen molar-refractivity contribution in [3.8, 4) is 11.8 Å². The molecule has 1 aliphatic rings. The third-order valence-electron chi connectivity index (χ3n) is 8.02. The predicted molar refractivity (Wildman–Crippen MR) is 153 cm³/mol. The number of rotatable bonds is 4. The summed E-state index contributed by atoms with van der Waals surface area (Å²) in [6.45, 7) is 4.24. The van der Waals surface area contributed by atoms with Crippen molar-refractivity contribution in [1.29, 1.82) is 5.26 Å². The highest BCUT2D eigenvalue weighted by Gasteiger charge is 2.47. The van der Waals surface area contributed by atoms with Crippen LogP contribution < -0.4 is 10.1 Å². The van der Waals surface area contributed by atoms with Gasteiger partial charge in [-0.3, -0.25) is 0 Å². The van der Waals surface area contributed by atoms with E-state index in [0.717, 1.165) is 44.4 Å². The number of hydrogen-bond donors (Lipinski definition) is 0. The quantitative estimate of drug-likeness (QED) is 0.294. The van der Waals surface area contributed by atoms with Gasteiger partial charge in [-0.2, -0.15) is 9.84 Å². The van der Waals surface area contributed by atoms with Crippen LogP contribution in [0.1, 0.15) is 19.4 Å². The van der Waals surface area contributed by atoms with Gasteiger partial charge in [0.05, 0.1) is 27.7 Å². The fraction of sp³-hybridized carbons (Fsp3) is 0.188. The van der Waals surface area contributed by atoms with E-state index in [0.29, 0.717) is 11.0 Å². The number of ether oxygens (including phenoxy) is 1. The van der Waals surface area contributed by atoms with Crippen molar-refractivity contribution >= 4 is 48.5 Å². The second-order valence-corrected chi connectivity index (χ2v) is 12.4. The largest absolute Gasteiger partial charge is 0.497 e. The zero-order valence-electron chi connectivity index (χ0n) is 22.5. The lowest BCUT2D eigenvalue weighted by Crippen LogP contribution is -2.34. The molecule has 0 saturated heterocycles. The number of methoxy groups -OCH3 is 1. The minimum Gasteiger partial charge on any atom is -0.497 e. The molecular formula is C32H28N3O3S+. The van der Waals surface area contributed by atoms with Crippen LogP contribution in [-0.2, 0) is 22.3 Å². The standard InChI is InChI=1S/C32H28N3O3S/c1-32(2)25-18-20(38-5)14-15-26(25)35(4)31(32)24(19-33)30-23-13-9-12-22-28(17-16-27(29(22)23)34(30)3)39(36,37)21-10-7-6-8-11-21/h6-18H,1-5H3/q+1. The Hall–Kier alpha value is -4.41. The molecule has 6 rings (SSSR count). The van der Waals surface area contributed by atoms with Crippen molar-refractivity contribution in [2.45, 2.75) is 29.1 Å². The first-order chi connectivity index (χ1) is 18.6. The topological polar surface area (TPSA) is 75.1 Å². The summed E-state index contributed by atoms with van der Waals surface area (Å²) in [5, 5.41) is 13.7. The van der Waals surface area contributed by atoms with Crippen LogP contribution in [0, 0.1) is 11.3 Å². The molecule has 0 N–H and O–H groups in total. The second-order valence-electron chi connectivity index (χ2n) is 10.4. The summed E-state index contributed by atoms with van der Waals surface area (Å²) in [5.41, 5.74) is 3.95. The molecular weight excluding hydrogens is 506 g/mol. The second kappa shape index (κ2) is 8.55. The molecule has 0 amide bonds. The van der Waals surface area contributed by atoms with Gasteiger partial charge in [0.15, 0.2) is 0 Å². The minimum atomic E-state index is -3.74. The highest BCUT2D eigenvalue weighted by atomic mass is 32.2. The van der Waals surface area contributed by atoms with Gasteiger partial charge >= 0.3 is 0 Å². The SMILES string of the molecule is COc1ccc2c(c1)C(C)(C)C(C(C#N)=c1c3cccc4c(S(=O)(=O)c5ccccc5)ccc(c43)n1C)=[N+]2C. The Morgan fingerprint density at radius 2 is 1.69 bits per heavy atom. The zero-order chi connectivity index (χ0) is 27.7. The Balaban J connectivity index is 1.69. The number of aryl methyl sites for hydroxylation is 1. The molecule has 0 fully saturated rings. The van der Waals surface area contributed by atoms with Crippen LogP contribution in [0.5, 0.6) is 5.75 Å². The maximum Gasteiger partial charge on any atom is 0.212 e. The summed E-state index contributed by atoms with van der Waals surface area (Å²) in [7, 11) is 1.83. The van der Waals surface area contributed by atoms with Gasteiger partial charge in [0.1, 0.15) is 24.4 Å². The van der Waals surface area contributed by atoms with Crippen LogP contribution in [0.2, 0.25) is 0 Å². The van der Waals surface area contributed by atoms with E-state index in [9.17, 15) is 13.7 Å². The number of fused-ring (bicyclic) bond motifs is 1. The summed E-state index contributed by atoms with van der Waals surface area (Å²) in [6, 6.07) is 26.2. The first kappa shape index (κ1) is 24.9. The van der Waals surface area contributed by atoms with E-state index in [-0.39, 0.29) is 9.79 Å². The molecule has 7 heteroatoms. The number of nitrogens with zero attached hydrogens (tertiary/aromatic N) is 3. The summed E-state index contributed by atoms with van der Waals surface area (Å²) < 4.78 is 36.9. The first-order valence-electron chi connectivity index (χ1n) is 12.7. The van der Waals surface area contributed by atoms with E-state index in [2.05, 4.69) is 24.5 Å². The number of nitriles is 1. The Morgan fingerprint density at radius 1 is 0.974 bits per heavy atom. The monoisotopic (exact) mass is 534 g/mol. The van der Waals surface area contributed by atoms with E-state index in [1.807, 2.05) is 61.1 Å². The summed E-state index contributed by atoms with van der Waals surface area (Å²) >= 11 is 0. The molecule has 0 unspecified atom stereocenters. The van der Waals surface area contributed by atoms with Gasteiger partial charge in [0.2, 0.25) is 21.2 Å². The fourth-order valence-electron chi connectivity index (χ4n) is 6.20. The number of sulfone groups is 1. The highest BCUT2D eigenvalue weighted by Crippen LogP contribution is 2.43. The van der Waals surface area contributed by atoms with Crippen LogP contribution in [0.3, 0.4) is 0 Å². The molecule has 1 aliphatic heterocycles. The zero-order valence-corrected chi connectivity index (χ0v) is 23.3. The molecule has 39 heavy (non-hydrogen) atoms. The molecule has 0 aliphatic carbocycles. The van der Waals surface area contributed by atoms with E-state index in [1.165, 1.54) is 0 Å².